The molecule has 0 fully saturated rings. The monoisotopic (exact) mass is 338 g/mol. The van der Waals surface area contributed by atoms with E-state index in [2.05, 4.69) is 52.7 Å². The van der Waals surface area contributed by atoms with Gasteiger partial charge >= 0.3 is 0 Å². The predicted molar refractivity (Wildman–Crippen MR) is 78.8 cm³/mol. The average molecular weight is 338 g/mol. The van der Waals surface area contributed by atoms with Gasteiger partial charge in [0.05, 0.1) is 0 Å². The van der Waals surface area contributed by atoms with Crippen molar-refractivity contribution in [2.45, 2.75) is 19.4 Å². The summed E-state index contributed by atoms with van der Waals surface area (Å²) in [6, 6.07) is 10.4. The number of aromatic nitrogens is 1. The molecule has 0 bridgehead atoms. The number of hydrogen-bond acceptors (Lipinski definition) is 2. The van der Waals surface area contributed by atoms with E-state index >= 15 is 0 Å². The molecule has 2 N–H and O–H groups in total. The average Bonchev–Trinajstić information content (AvgIpc) is 2.34. The lowest BCUT2D eigenvalue weighted by Gasteiger charge is -2.15. The molecule has 2 nitrogen and oxygen atoms in total. The summed E-state index contributed by atoms with van der Waals surface area (Å²) in [6.07, 6.45) is 4.47. The second-order valence-corrected chi connectivity index (χ2v) is 5.22. The second-order valence-electron chi connectivity index (χ2n) is 4.14. The van der Waals surface area contributed by atoms with E-state index in [1.54, 1.807) is 0 Å². The molecule has 2 rings (SSSR count). The number of nitrogens with two attached hydrogens (primary N) is 1. The Morgan fingerprint density at radius 3 is 2.65 bits per heavy atom. The summed E-state index contributed by atoms with van der Waals surface area (Å²) < 4.78 is 1.27. The van der Waals surface area contributed by atoms with Crippen LogP contribution in [-0.2, 0) is 6.42 Å². The van der Waals surface area contributed by atoms with Gasteiger partial charge in [-0.1, -0.05) is 18.2 Å². The van der Waals surface area contributed by atoms with Gasteiger partial charge in [-0.2, -0.15) is 0 Å². The van der Waals surface area contributed by atoms with Gasteiger partial charge in [0, 0.05) is 22.0 Å². The van der Waals surface area contributed by atoms with E-state index in [1.165, 1.54) is 20.3 Å². The van der Waals surface area contributed by atoms with Gasteiger partial charge < -0.3 is 5.73 Å². The molecular weight excluding hydrogens is 323 g/mol. The Morgan fingerprint density at radius 1 is 1.24 bits per heavy atom. The van der Waals surface area contributed by atoms with Crippen molar-refractivity contribution in [3.63, 3.8) is 0 Å². The SMILES string of the molecule is Cc1cccc(C(N)Cc2ccncc2)c1I. The Bertz CT molecular complexity index is 497. The number of halogens is 1. The van der Waals surface area contributed by atoms with Gasteiger partial charge in [-0.25, -0.2) is 0 Å². The highest BCUT2D eigenvalue weighted by molar-refractivity contribution is 14.1. The van der Waals surface area contributed by atoms with Gasteiger partial charge in [-0.15, -0.1) is 0 Å². The molecule has 3 heteroatoms. The third kappa shape index (κ3) is 3.04. The summed E-state index contributed by atoms with van der Waals surface area (Å²) in [7, 11) is 0. The van der Waals surface area contributed by atoms with Gasteiger partial charge in [0.2, 0.25) is 0 Å². The summed E-state index contributed by atoms with van der Waals surface area (Å²) in [4.78, 5) is 4.01. The fraction of sp³-hybridized carbons (Fsp3) is 0.214. The third-order valence-electron chi connectivity index (χ3n) is 2.83. The zero-order valence-electron chi connectivity index (χ0n) is 9.73. The lowest BCUT2D eigenvalue weighted by atomic mass is 9.99. The first-order valence-corrected chi connectivity index (χ1v) is 6.66. The first-order valence-electron chi connectivity index (χ1n) is 5.58. The number of rotatable bonds is 3. The van der Waals surface area contributed by atoms with Crippen LogP contribution in [0.2, 0.25) is 0 Å². The summed E-state index contributed by atoms with van der Waals surface area (Å²) in [6.45, 7) is 2.12. The fourth-order valence-electron chi connectivity index (χ4n) is 1.84. The summed E-state index contributed by atoms with van der Waals surface area (Å²) >= 11 is 2.37. The molecule has 17 heavy (non-hydrogen) atoms. The molecule has 0 saturated carbocycles. The normalized spacial score (nSPS) is 12.4. The zero-order chi connectivity index (χ0) is 12.3. The molecule has 1 aromatic heterocycles. The molecule has 0 amide bonds. The maximum atomic E-state index is 6.27. The van der Waals surface area contributed by atoms with Crippen molar-refractivity contribution in [1.29, 1.82) is 0 Å². The Kier molecular flexibility index (Phi) is 4.12. The van der Waals surface area contributed by atoms with Crippen molar-refractivity contribution in [2.24, 2.45) is 5.73 Å². The molecule has 1 atom stereocenters. The molecule has 0 radical (unpaired) electrons. The fourth-order valence-corrected chi connectivity index (χ4v) is 2.60. The third-order valence-corrected chi connectivity index (χ3v) is 4.30. The van der Waals surface area contributed by atoms with Crippen LogP contribution in [0.5, 0.6) is 0 Å². The topological polar surface area (TPSA) is 38.9 Å². The van der Waals surface area contributed by atoms with Crippen molar-refractivity contribution in [3.8, 4) is 0 Å². The molecule has 88 valence electrons. The van der Waals surface area contributed by atoms with Crippen LogP contribution < -0.4 is 5.73 Å². The zero-order valence-corrected chi connectivity index (χ0v) is 11.9. The summed E-state index contributed by atoms with van der Waals surface area (Å²) in [5.74, 6) is 0. The smallest absolute Gasteiger partial charge is 0.0346 e. The van der Waals surface area contributed by atoms with E-state index in [4.69, 9.17) is 5.73 Å². The molecule has 0 aliphatic heterocycles. The first-order chi connectivity index (χ1) is 8.18. The largest absolute Gasteiger partial charge is 0.324 e. The molecule has 1 aromatic carbocycles. The van der Waals surface area contributed by atoms with E-state index < -0.39 is 0 Å². The Balaban J connectivity index is 2.20. The van der Waals surface area contributed by atoms with Gasteiger partial charge in [-0.3, -0.25) is 4.98 Å². The highest BCUT2D eigenvalue weighted by atomic mass is 127. The molecule has 2 aromatic rings. The number of pyridine rings is 1. The quantitative estimate of drug-likeness (QED) is 0.873. The number of aryl methyl sites for hydroxylation is 1. The number of benzene rings is 1. The predicted octanol–water partition coefficient (Wildman–Crippen LogP) is 3.24. The highest BCUT2D eigenvalue weighted by Crippen LogP contribution is 2.23. The molecule has 0 spiro atoms. The van der Waals surface area contributed by atoms with Crippen LogP contribution in [0.1, 0.15) is 22.7 Å². The molecular formula is C14H15IN2. The Morgan fingerprint density at radius 2 is 1.94 bits per heavy atom. The van der Waals surface area contributed by atoms with Crippen LogP contribution >= 0.6 is 22.6 Å². The molecule has 1 unspecified atom stereocenters. The highest BCUT2D eigenvalue weighted by Gasteiger charge is 2.11. The van der Waals surface area contributed by atoms with Crippen LogP contribution in [-0.4, -0.2) is 4.98 Å². The van der Waals surface area contributed by atoms with E-state index in [1.807, 2.05) is 24.5 Å². The van der Waals surface area contributed by atoms with Gasteiger partial charge in [0.15, 0.2) is 0 Å². The van der Waals surface area contributed by atoms with Crippen LogP contribution in [0.25, 0.3) is 0 Å². The van der Waals surface area contributed by atoms with E-state index in [0.717, 1.165) is 6.42 Å². The standard InChI is InChI=1S/C14H15IN2/c1-10-3-2-4-12(14(10)15)13(16)9-11-5-7-17-8-6-11/h2-8,13H,9,16H2,1H3. The van der Waals surface area contributed by atoms with Gasteiger partial charge in [-0.05, 0) is 64.8 Å². The molecule has 1 heterocycles. The molecule has 0 aliphatic rings. The molecule has 0 saturated heterocycles. The van der Waals surface area contributed by atoms with Crippen molar-refractivity contribution in [2.75, 3.05) is 0 Å². The second kappa shape index (κ2) is 5.60. The number of nitrogens with zero attached hydrogens (tertiary/aromatic N) is 1. The summed E-state index contributed by atoms with van der Waals surface area (Å²) in [5.41, 5.74) is 10.0. The lowest BCUT2D eigenvalue weighted by molar-refractivity contribution is 0.716. The lowest BCUT2D eigenvalue weighted by Crippen LogP contribution is -2.15. The molecule has 0 aliphatic carbocycles. The van der Waals surface area contributed by atoms with Crippen LogP contribution in [0, 0.1) is 10.5 Å². The Labute approximate surface area is 115 Å². The van der Waals surface area contributed by atoms with Crippen molar-refractivity contribution in [3.05, 3.63) is 63.0 Å². The van der Waals surface area contributed by atoms with Gasteiger partial charge in [0.1, 0.15) is 0 Å². The maximum absolute atomic E-state index is 6.27. The van der Waals surface area contributed by atoms with Crippen LogP contribution in [0.4, 0.5) is 0 Å². The maximum Gasteiger partial charge on any atom is 0.0346 e. The van der Waals surface area contributed by atoms with Crippen LogP contribution in [0.15, 0.2) is 42.7 Å². The van der Waals surface area contributed by atoms with Gasteiger partial charge in [0.25, 0.3) is 0 Å². The van der Waals surface area contributed by atoms with E-state index in [9.17, 15) is 0 Å². The van der Waals surface area contributed by atoms with E-state index in [-0.39, 0.29) is 6.04 Å². The van der Waals surface area contributed by atoms with E-state index in [0.29, 0.717) is 0 Å². The summed E-state index contributed by atoms with van der Waals surface area (Å²) in [5, 5.41) is 0. The minimum atomic E-state index is 0.0456. The van der Waals surface area contributed by atoms with Crippen molar-refractivity contribution >= 4 is 22.6 Å². The number of hydrogen-bond donors (Lipinski definition) is 1. The minimum absolute atomic E-state index is 0.0456. The minimum Gasteiger partial charge on any atom is -0.324 e. The Hall–Kier alpha value is -0.940. The van der Waals surface area contributed by atoms with Crippen LogP contribution in [0.3, 0.4) is 0 Å². The first kappa shape index (κ1) is 12.5. The van der Waals surface area contributed by atoms with Crippen molar-refractivity contribution in [1.82, 2.24) is 4.98 Å². The van der Waals surface area contributed by atoms with Crippen molar-refractivity contribution < 1.29 is 0 Å².